The Hall–Kier alpha value is -2.64. The fourth-order valence-corrected chi connectivity index (χ4v) is 2.39. The Morgan fingerprint density at radius 1 is 1.12 bits per heavy atom. The van der Waals surface area contributed by atoms with Crippen molar-refractivity contribution in [2.24, 2.45) is 0 Å². The van der Waals surface area contributed by atoms with Crippen molar-refractivity contribution in [3.63, 3.8) is 0 Å². The molecule has 0 spiro atoms. The van der Waals surface area contributed by atoms with Crippen molar-refractivity contribution in [2.75, 3.05) is 18.1 Å². The molecule has 2 rings (SSSR count). The van der Waals surface area contributed by atoms with Gasteiger partial charge in [-0.25, -0.2) is 19.3 Å². The number of carbonyl (C=O) groups is 1. The van der Waals surface area contributed by atoms with E-state index in [1.807, 2.05) is 0 Å². The van der Waals surface area contributed by atoms with E-state index >= 15 is 0 Å². The highest BCUT2D eigenvalue weighted by atomic mass is 19.1. The minimum atomic E-state index is -0.504. The van der Waals surface area contributed by atoms with Gasteiger partial charge in [-0.15, -0.1) is 0 Å². The zero-order valence-corrected chi connectivity index (χ0v) is 14.3. The number of nitrogens with zero attached hydrogens (tertiary/aromatic N) is 5. The molecule has 7 nitrogen and oxygen atoms in total. The molecule has 25 heavy (non-hydrogen) atoms. The lowest BCUT2D eigenvalue weighted by Crippen LogP contribution is -2.22. The van der Waals surface area contributed by atoms with Crippen molar-refractivity contribution in [2.45, 2.75) is 39.0 Å². The first-order chi connectivity index (χ1) is 12.2. The molecule has 2 heterocycles. The molecule has 0 atom stereocenters. The number of hydrogen-bond donors (Lipinski definition) is 0. The molecular weight excluding hydrogens is 325 g/mol. The van der Waals surface area contributed by atoms with Gasteiger partial charge in [0.25, 0.3) is 0 Å². The quantitative estimate of drug-likeness (QED) is 0.482. The molecule has 0 unspecified atom stereocenters. The number of halogens is 1. The van der Waals surface area contributed by atoms with E-state index in [0.717, 1.165) is 31.9 Å². The van der Waals surface area contributed by atoms with Gasteiger partial charge in [0.2, 0.25) is 0 Å². The number of rotatable bonds is 10. The van der Waals surface area contributed by atoms with Crippen molar-refractivity contribution >= 4 is 17.6 Å². The lowest BCUT2D eigenvalue weighted by Gasteiger charge is -2.22. The van der Waals surface area contributed by atoms with Gasteiger partial charge in [-0.1, -0.05) is 12.8 Å². The summed E-state index contributed by atoms with van der Waals surface area (Å²) in [5.74, 6) is 0.0517. The molecular formula is C17H22FN5O2. The fourth-order valence-electron chi connectivity index (χ4n) is 2.39. The van der Waals surface area contributed by atoms with Crippen LogP contribution in [0.15, 0.2) is 31.1 Å². The molecule has 2 aromatic rings. The van der Waals surface area contributed by atoms with E-state index in [-0.39, 0.29) is 11.8 Å². The molecule has 0 N–H and O–H groups in total. The highest BCUT2D eigenvalue weighted by molar-refractivity contribution is 5.69. The summed E-state index contributed by atoms with van der Waals surface area (Å²) in [4.78, 5) is 28.9. The van der Waals surface area contributed by atoms with Gasteiger partial charge in [-0.05, 0) is 19.8 Å². The van der Waals surface area contributed by atoms with Crippen LogP contribution in [0.25, 0.3) is 0 Å². The normalized spacial score (nSPS) is 10.5. The molecule has 0 radical (unpaired) electrons. The van der Waals surface area contributed by atoms with Crippen molar-refractivity contribution in [3.8, 4) is 0 Å². The number of esters is 1. The van der Waals surface area contributed by atoms with Gasteiger partial charge < -0.3 is 9.64 Å². The highest BCUT2D eigenvalue weighted by Gasteiger charge is 2.16. The first-order valence-electron chi connectivity index (χ1n) is 8.37. The predicted molar refractivity (Wildman–Crippen MR) is 90.7 cm³/mol. The Kier molecular flexibility index (Phi) is 7.68. The van der Waals surface area contributed by atoms with Crippen LogP contribution in [0, 0.1) is 5.82 Å². The Morgan fingerprint density at radius 3 is 2.68 bits per heavy atom. The zero-order chi connectivity index (χ0) is 17.9. The van der Waals surface area contributed by atoms with Crippen LogP contribution in [-0.4, -0.2) is 39.1 Å². The van der Waals surface area contributed by atoms with Gasteiger partial charge in [0, 0.05) is 25.4 Å². The molecule has 2 aromatic heterocycles. The maximum absolute atomic E-state index is 14.1. The SMILES string of the molecule is CCOC(=O)CCCCCCN(c1cnccn1)c1ncncc1F. The van der Waals surface area contributed by atoms with E-state index in [1.54, 1.807) is 30.4 Å². The maximum atomic E-state index is 14.1. The molecule has 134 valence electrons. The Morgan fingerprint density at radius 2 is 1.96 bits per heavy atom. The van der Waals surface area contributed by atoms with Gasteiger partial charge in [0.15, 0.2) is 17.5 Å². The highest BCUT2D eigenvalue weighted by Crippen LogP contribution is 2.23. The Labute approximate surface area is 146 Å². The third kappa shape index (κ3) is 6.06. The zero-order valence-electron chi connectivity index (χ0n) is 14.3. The first kappa shape index (κ1) is 18.7. The van der Waals surface area contributed by atoms with Crippen LogP contribution in [0.5, 0.6) is 0 Å². The summed E-state index contributed by atoms with van der Waals surface area (Å²) in [5, 5.41) is 0. The lowest BCUT2D eigenvalue weighted by atomic mass is 10.1. The molecule has 0 amide bonds. The van der Waals surface area contributed by atoms with Crippen LogP contribution in [0.2, 0.25) is 0 Å². The molecule has 0 bridgehead atoms. The summed E-state index contributed by atoms with van der Waals surface area (Å²) in [6, 6.07) is 0. The van der Waals surface area contributed by atoms with E-state index in [1.165, 1.54) is 6.33 Å². The average molecular weight is 347 g/mol. The van der Waals surface area contributed by atoms with Crippen LogP contribution in [0.4, 0.5) is 16.0 Å². The predicted octanol–water partition coefficient (Wildman–Crippen LogP) is 3.06. The second kappa shape index (κ2) is 10.3. The molecule has 8 heteroatoms. The summed E-state index contributed by atoms with van der Waals surface area (Å²) in [7, 11) is 0. The Bertz CT molecular complexity index is 656. The lowest BCUT2D eigenvalue weighted by molar-refractivity contribution is -0.143. The minimum absolute atomic E-state index is 0.160. The standard InChI is InChI=1S/C17H22FN5O2/c1-2-25-16(24)7-5-3-4-6-10-23(15-12-19-8-9-21-15)17-14(18)11-20-13-22-17/h8-9,11-13H,2-7,10H2,1H3. The molecule has 0 aliphatic heterocycles. The van der Waals surface area contributed by atoms with Crippen LogP contribution in [0.3, 0.4) is 0 Å². The van der Waals surface area contributed by atoms with Gasteiger partial charge in [-0.3, -0.25) is 9.78 Å². The van der Waals surface area contributed by atoms with E-state index in [9.17, 15) is 9.18 Å². The number of carbonyl (C=O) groups excluding carboxylic acids is 1. The Balaban J connectivity index is 1.88. The molecule has 0 aromatic carbocycles. The number of aromatic nitrogens is 4. The minimum Gasteiger partial charge on any atom is -0.466 e. The molecule has 0 aliphatic rings. The number of unbranched alkanes of at least 4 members (excludes halogenated alkanes) is 3. The summed E-state index contributed by atoms with van der Waals surface area (Å²) in [6.07, 6.45) is 11.0. The van der Waals surface area contributed by atoms with Gasteiger partial charge in [0.05, 0.1) is 19.0 Å². The summed E-state index contributed by atoms with van der Waals surface area (Å²) < 4.78 is 18.9. The topological polar surface area (TPSA) is 81.1 Å². The molecule has 0 saturated heterocycles. The second-order valence-electron chi connectivity index (χ2n) is 5.38. The van der Waals surface area contributed by atoms with Gasteiger partial charge in [-0.2, -0.15) is 0 Å². The van der Waals surface area contributed by atoms with Crippen molar-refractivity contribution in [1.82, 2.24) is 19.9 Å². The summed E-state index contributed by atoms with van der Waals surface area (Å²) in [6.45, 7) is 2.76. The van der Waals surface area contributed by atoms with Gasteiger partial charge in [0.1, 0.15) is 6.33 Å². The van der Waals surface area contributed by atoms with Crippen molar-refractivity contribution < 1.29 is 13.9 Å². The number of anilines is 2. The van der Waals surface area contributed by atoms with Crippen molar-refractivity contribution in [1.29, 1.82) is 0 Å². The molecule has 0 saturated carbocycles. The third-order valence-electron chi connectivity index (χ3n) is 3.55. The van der Waals surface area contributed by atoms with E-state index < -0.39 is 5.82 Å². The number of ether oxygens (including phenoxy) is 1. The van der Waals surface area contributed by atoms with E-state index in [0.29, 0.717) is 25.4 Å². The number of hydrogen-bond acceptors (Lipinski definition) is 7. The maximum Gasteiger partial charge on any atom is 0.305 e. The van der Waals surface area contributed by atoms with Crippen molar-refractivity contribution in [3.05, 3.63) is 36.9 Å². The molecule has 0 fully saturated rings. The van der Waals surface area contributed by atoms with Crippen LogP contribution >= 0.6 is 0 Å². The first-order valence-corrected chi connectivity index (χ1v) is 8.37. The van der Waals surface area contributed by atoms with Crippen LogP contribution in [0.1, 0.15) is 39.0 Å². The van der Waals surface area contributed by atoms with Crippen LogP contribution < -0.4 is 4.90 Å². The summed E-state index contributed by atoms with van der Waals surface area (Å²) in [5.41, 5.74) is 0. The average Bonchev–Trinajstić information content (AvgIpc) is 2.63. The van der Waals surface area contributed by atoms with E-state index in [4.69, 9.17) is 4.74 Å². The fraction of sp³-hybridized carbons (Fsp3) is 0.471. The summed E-state index contributed by atoms with van der Waals surface area (Å²) >= 11 is 0. The smallest absolute Gasteiger partial charge is 0.305 e. The van der Waals surface area contributed by atoms with Crippen LogP contribution in [-0.2, 0) is 9.53 Å². The largest absolute Gasteiger partial charge is 0.466 e. The molecule has 0 aliphatic carbocycles. The third-order valence-corrected chi connectivity index (χ3v) is 3.55. The monoisotopic (exact) mass is 347 g/mol. The second-order valence-corrected chi connectivity index (χ2v) is 5.38. The van der Waals surface area contributed by atoms with Gasteiger partial charge >= 0.3 is 5.97 Å². The van der Waals surface area contributed by atoms with E-state index in [2.05, 4.69) is 19.9 Å².